The van der Waals surface area contributed by atoms with Gasteiger partial charge in [0, 0.05) is 16.5 Å². The lowest BCUT2D eigenvalue weighted by Crippen LogP contribution is -2.26. The van der Waals surface area contributed by atoms with Crippen LogP contribution in [0.5, 0.6) is 0 Å². The summed E-state index contributed by atoms with van der Waals surface area (Å²) in [6.45, 7) is 19.1. The highest BCUT2D eigenvalue weighted by Crippen LogP contribution is 2.49. The van der Waals surface area contributed by atoms with E-state index in [1.807, 2.05) is 0 Å². The Balaban J connectivity index is 1.43. The molecule has 4 aromatic carbocycles. The van der Waals surface area contributed by atoms with Crippen molar-refractivity contribution in [2.75, 3.05) is 0 Å². The Morgan fingerprint density at radius 1 is 0.562 bits per heavy atom. The molecule has 250 valence electrons. The molecule has 0 amide bonds. The molecule has 3 aliphatic carbocycles. The SMILES string of the molecule is Cc1ccc(N=C2C(=Nc3ccc(C)cc3[C@@H]3C[C@H](C)CC[C@H]3C(C)C)c3cccc4cccc2c34)c([C@@H]2C[C@H](C)CC[C@H]2C(C)C)c1. The Labute approximate surface area is 290 Å². The van der Waals surface area contributed by atoms with Crippen LogP contribution in [0.25, 0.3) is 10.8 Å². The second-order valence-electron chi connectivity index (χ2n) is 16.6. The van der Waals surface area contributed by atoms with E-state index in [0.717, 1.165) is 34.6 Å². The van der Waals surface area contributed by atoms with Gasteiger partial charge in [0.2, 0.25) is 0 Å². The summed E-state index contributed by atoms with van der Waals surface area (Å²) in [6, 6.07) is 27.4. The summed E-state index contributed by atoms with van der Waals surface area (Å²) < 4.78 is 0. The minimum atomic E-state index is 0.526. The third-order valence-corrected chi connectivity index (χ3v) is 12.3. The first-order valence-corrected chi connectivity index (χ1v) is 19.0. The van der Waals surface area contributed by atoms with Crippen molar-refractivity contribution in [3.8, 4) is 0 Å². The van der Waals surface area contributed by atoms with Crippen LogP contribution in [0.15, 0.2) is 82.8 Å². The van der Waals surface area contributed by atoms with Crippen LogP contribution in [-0.2, 0) is 0 Å². The molecule has 0 N–H and O–H groups in total. The largest absolute Gasteiger partial charge is 0.246 e. The molecule has 0 unspecified atom stereocenters. The van der Waals surface area contributed by atoms with Gasteiger partial charge in [0.1, 0.15) is 0 Å². The zero-order chi connectivity index (χ0) is 33.7. The minimum absolute atomic E-state index is 0.526. The maximum absolute atomic E-state index is 5.71. The van der Waals surface area contributed by atoms with Crippen LogP contribution in [0.2, 0.25) is 0 Å². The maximum Gasteiger partial charge on any atom is 0.0978 e. The molecule has 0 heterocycles. The van der Waals surface area contributed by atoms with Crippen LogP contribution >= 0.6 is 0 Å². The van der Waals surface area contributed by atoms with Crippen molar-refractivity contribution in [3.63, 3.8) is 0 Å². The highest BCUT2D eigenvalue weighted by atomic mass is 14.8. The van der Waals surface area contributed by atoms with Crippen LogP contribution in [-0.4, -0.2) is 11.4 Å². The fraction of sp³-hybridized carbons (Fsp3) is 0.478. The number of aryl methyl sites for hydroxylation is 2. The zero-order valence-corrected chi connectivity index (χ0v) is 30.7. The molecule has 0 bridgehead atoms. The Kier molecular flexibility index (Phi) is 9.22. The fourth-order valence-electron chi connectivity index (χ4n) is 9.72. The van der Waals surface area contributed by atoms with Gasteiger partial charge in [0.25, 0.3) is 0 Å². The Hall–Kier alpha value is -3.52. The molecular weight excluding hydrogens is 581 g/mol. The van der Waals surface area contributed by atoms with Gasteiger partial charge in [-0.15, -0.1) is 0 Å². The smallest absolute Gasteiger partial charge is 0.0978 e. The Morgan fingerprint density at radius 3 is 1.42 bits per heavy atom. The molecule has 4 aromatic rings. The van der Waals surface area contributed by atoms with Crippen LogP contribution in [0.4, 0.5) is 11.4 Å². The fourth-order valence-corrected chi connectivity index (χ4v) is 9.72. The number of nitrogens with zero attached hydrogens (tertiary/aromatic N) is 2. The van der Waals surface area contributed by atoms with Gasteiger partial charge in [-0.2, -0.15) is 0 Å². The summed E-state index contributed by atoms with van der Waals surface area (Å²) in [5, 5.41) is 2.55. The summed E-state index contributed by atoms with van der Waals surface area (Å²) in [4.78, 5) is 11.4. The highest BCUT2D eigenvalue weighted by molar-refractivity contribution is 6.61. The summed E-state index contributed by atoms with van der Waals surface area (Å²) in [5.41, 5.74) is 12.3. The molecule has 2 nitrogen and oxygen atoms in total. The van der Waals surface area contributed by atoms with E-state index >= 15 is 0 Å². The molecule has 0 aliphatic heterocycles. The van der Waals surface area contributed by atoms with E-state index in [1.54, 1.807) is 0 Å². The molecule has 3 aliphatic rings. The molecule has 0 spiro atoms. The quantitative estimate of drug-likeness (QED) is 0.201. The summed E-state index contributed by atoms with van der Waals surface area (Å²) >= 11 is 0. The van der Waals surface area contributed by atoms with Crippen LogP contribution in [0.3, 0.4) is 0 Å². The van der Waals surface area contributed by atoms with Crippen LogP contribution < -0.4 is 0 Å². The predicted octanol–water partition coefficient (Wildman–Crippen LogP) is 13.1. The number of hydrogen-bond acceptors (Lipinski definition) is 2. The summed E-state index contributed by atoms with van der Waals surface area (Å²) in [6.07, 6.45) is 7.75. The van der Waals surface area contributed by atoms with Crippen molar-refractivity contribution in [1.29, 1.82) is 0 Å². The maximum atomic E-state index is 5.71. The lowest BCUT2D eigenvalue weighted by molar-refractivity contribution is 0.197. The number of aliphatic imine (C=N–C) groups is 2. The van der Waals surface area contributed by atoms with Crippen molar-refractivity contribution in [1.82, 2.24) is 0 Å². The third-order valence-electron chi connectivity index (χ3n) is 12.3. The molecule has 2 heteroatoms. The van der Waals surface area contributed by atoms with Gasteiger partial charge < -0.3 is 0 Å². The number of benzene rings is 4. The second kappa shape index (κ2) is 13.4. The second-order valence-corrected chi connectivity index (χ2v) is 16.6. The monoisotopic (exact) mass is 636 g/mol. The molecule has 0 saturated heterocycles. The standard InChI is InChI=1S/C46H56N2/c1-27(2)34-19-15-29(5)23-38(34)40-25-31(7)17-21-42(40)47-45-36-13-9-11-33-12-10-14-37(44(33)36)46(45)48-43-22-18-32(8)26-41(43)39-24-30(6)16-20-35(39)28(3)4/h9-14,17-18,21-22,25-30,34-35,38-39H,15-16,19-20,23-24H2,1-8H3/t29-,30-,34+,35+,38-,39-/m1/s1. The van der Waals surface area contributed by atoms with E-state index in [4.69, 9.17) is 9.98 Å². The molecule has 0 aromatic heterocycles. The van der Waals surface area contributed by atoms with Crippen LogP contribution in [0, 0.1) is 49.4 Å². The van der Waals surface area contributed by atoms with Gasteiger partial charge in [0.15, 0.2) is 0 Å². The van der Waals surface area contributed by atoms with Gasteiger partial charge in [0.05, 0.1) is 22.8 Å². The lowest BCUT2D eigenvalue weighted by atomic mass is 9.67. The van der Waals surface area contributed by atoms with E-state index in [2.05, 4.69) is 128 Å². The van der Waals surface area contributed by atoms with E-state index in [0.29, 0.717) is 35.5 Å². The van der Waals surface area contributed by atoms with E-state index < -0.39 is 0 Å². The molecule has 7 rings (SSSR count). The van der Waals surface area contributed by atoms with Gasteiger partial charge in [-0.1, -0.05) is 126 Å². The molecule has 0 radical (unpaired) electrons. The van der Waals surface area contributed by atoms with Crippen LogP contribution in [0.1, 0.15) is 125 Å². The molecule has 2 fully saturated rings. The van der Waals surface area contributed by atoms with Gasteiger partial charge in [-0.3, -0.25) is 0 Å². The Morgan fingerprint density at radius 2 is 1.00 bits per heavy atom. The van der Waals surface area contributed by atoms with Crippen molar-refractivity contribution in [2.45, 2.75) is 106 Å². The first kappa shape index (κ1) is 33.0. The highest BCUT2D eigenvalue weighted by Gasteiger charge is 2.36. The third kappa shape index (κ3) is 6.21. The molecular formula is C46H56N2. The Bertz CT molecular complexity index is 1740. The predicted molar refractivity (Wildman–Crippen MR) is 207 cm³/mol. The average Bonchev–Trinajstić information content (AvgIpc) is 3.35. The van der Waals surface area contributed by atoms with E-state index in [9.17, 15) is 0 Å². The number of hydrogen-bond donors (Lipinski definition) is 0. The molecule has 48 heavy (non-hydrogen) atoms. The van der Waals surface area contributed by atoms with Crippen molar-refractivity contribution in [3.05, 3.63) is 106 Å². The van der Waals surface area contributed by atoms with Gasteiger partial charge >= 0.3 is 0 Å². The summed E-state index contributed by atoms with van der Waals surface area (Å²) in [7, 11) is 0. The zero-order valence-electron chi connectivity index (χ0n) is 30.7. The lowest BCUT2D eigenvalue weighted by Gasteiger charge is -2.38. The average molecular weight is 637 g/mol. The summed E-state index contributed by atoms with van der Waals surface area (Å²) in [5.74, 6) is 5.21. The van der Waals surface area contributed by atoms with Crippen molar-refractivity contribution in [2.24, 2.45) is 45.5 Å². The van der Waals surface area contributed by atoms with Gasteiger partial charge in [-0.05, 0) is 116 Å². The van der Waals surface area contributed by atoms with Gasteiger partial charge in [-0.25, -0.2) is 9.98 Å². The van der Waals surface area contributed by atoms with E-state index in [1.165, 1.54) is 82.7 Å². The van der Waals surface area contributed by atoms with E-state index in [-0.39, 0.29) is 0 Å². The normalized spacial score (nSPS) is 27.5. The first-order chi connectivity index (χ1) is 23.1. The molecule has 6 atom stereocenters. The topological polar surface area (TPSA) is 24.7 Å². The van der Waals surface area contributed by atoms with Crippen molar-refractivity contribution >= 4 is 33.6 Å². The minimum Gasteiger partial charge on any atom is -0.246 e. The molecule has 2 saturated carbocycles. The number of rotatable bonds is 6. The first-order valence-electron chi connectivity index (χ1n) is 19.0. The van der Waals surface area contributed by atoms with Crippen molar-refractivity contribution < 1.29 is 0 Å².